The number of hydrogen-bond acceptors (Lipinski definition) is 6. The smallest absolute Gasteiger partial charge is 0.253 e. The van der Waals surface area contributed by atoms with Gasteiger partial charge in [-0.05, 0) is 12.1 Å². The van der Waals surface area contributed by atoms with E-state index >= 15 is 0 Å². The first-order valence-electron chi connectivity index (χ1n) is 8.38. The summed E-state index contributed by atoms with van der Waals surface area (Å²) in [6, 6.07) is 2.32. The maximum absolute atomic E-state index is 12.8. The van der Waals surface area contributed by atoms with Gasteiger partial charge in [0.05, 0.1) is 42.0 Å². The van der Waals surface area contributed by atoms with Crippen LogP contribution < -0.4 is 10.6 Å². The van der Waals surface area contributed by atoms with Gasteiger partial charge >= 0.3 is 0 Å². The number of halogens is 2. The molecule has 28 heavy (non-hydrogen) atoms. The number of nitrogens with one attached hydrogen (secondary N) is 2. The van der Waals surface area contributed by atoms with Gasteiger partial charge in [-0.2, -0.15) is 4.31 Å². The molecule has 1 aliphatic rings. The topological polar surface area (TPSA) is 114 Å². The van der Waals surface area contributed by atoms with Crippen LogP contribution in [0.2, 0.25) is 10.0 Å². The fourth-order valence-corrected chi connectivity index (χ4v) is 4.68. The SMILES string of the molecule is COCCNC(=O)CNC(=O)c1cc(S(=O)(=O)N2CCOCC2)c(Cl)cc1Cl. The second-order valence-corrected chi connectivity index (χ2v) is 8.53. The highest BCUT2D eigenvalue weighted by atomic mass is 35.5. The van der Waals surface area contributed by atoms with E-state index in [1.807, 2.05) is 0 Å². The number of sulfonamides is 1. The standard InChI is InChI=1S/C16H21Cl2N3O6S/c1-26-5-2-19-15(22)10-20-16(23)11-8-14(13(18)9-12(11)17)28(24,25)21-3-6-27-7-4-21/h8-9H,2-7,10H2,1H3,(H,19,22)(H,20,23). The number of rotatable bonds is 8. The van der Waals surface area contributed by atoms with E-state index < -0.39 is 21.8 Å². The van der Waals surface area contributed by atoms with E-state index in [4.69, 9.17) is 32.7 Å². The van der Waals surface area contributed by atoms with Gasteiger partial charge in [0, 0.05) is 26.7 Å². The van der Waals surface area contributed by atoms with E-state index in [0.717, 1.165) is 6.07 Å². The van der Waals surface area contributed by atoms with E-state index in [0.29, 0.717) is 13.2 Å². The van der Waals surface area contributed by atoms with Crippen LogP contribution in [0.25, 0.3) is 0 Å². The van der Waals surface area contributed by atoms with Crippen LogP contribution in [0, 0.1) is 0 Å². The van der Waals surface area contributed by atoms with Gasteiger partial charge in [-0.25, -0.2) is 8.42 Å². The lowest BCUT2D eigenvalue weighted by Gasteiger charge is -2.26. The number of benzene rings is 1. The Morgan fingerprint density at radius 1 is 1.18 bits per heavy atom. The monoisotopic (exact) mass is 453 g/mol. The molecule has 0 aliphatic carbocycles. The van der Waals surface area contributed by atoms with Crippen LogP contribution in [-0.4, -0.2) is 77.6 Å². The van der Waals surface area contributed by atoms with Crippen LogP contribution in [0.4, 0.5) is 0 Å². The summed E-state index contributed by atoms with van der Waals surface area (Å²) in [5.41, 5.74) is -0.0948. The lowest BCUT2D eigenvalue weighted by Crippen LogP contribution is -2.41. The lowest BCUT2D eigenvalue weighted by atomic mass is 10.2. The molecule has 1 fully saturated rings. The van der Waals surface area contributed by atoms with Crippen LogP contribution in [0.3, 0.4) is 0 Å². The molecule has 12 heteroatoms. The van der Waals surface area contributed by atoms with Gasteiger partial charge in [-0.15, -0.1) is 0 Å². The maximum Gasteiger partial charge on any atom is 0.253 e. The van der Waals surface area contributed by atoms with Crippen molar-refractivity contribution in [2.75, 3.05) is 53.1 Å². The first kappa shape index (κ1) is 22.9. The Morgan fingerprint density at radius 2 is 1.86 bits per heavy atom. The zero-order chi connectivity index (χ0) is 20.7. The number of methoxy groups -OCH3 is 1. The summed E-state index contributed by atoms with van der Waals surface area (Å²) in [7, 11) is -2.42. The summed E-state index contributed by atoms with van der Waals surface area (Å²) in [4.78, 5) is 23.8. The Labute approximate surface area is 173 Å². The van der Waals surface area contributed by atoms with Crippen molar-refractivity contribution in [2.45, 2.75) is 4.90 Å². The summed E-state index contributed by atoms with van der Waals surface area (Å²) < 4.78 is 36.9. The first-order valence-corrected chi connectivity index (χ1v) is 10.6. The Bertz CT molecular complexity index is 828. The largest absolute Gasteiger partial charge is 0.383 e. The van der Waals surface area contributed by atoms with Crippen molar-refractivity contribution < 1.29 is 27.5 Å². The van der Waals surface area contributed by atoms with Crippen molar-refractivity contribution in [1.82, 2.24) is 14.9 Å². The zero-order valence-electron chi connectivity index (χ0n) is 15.2. The number of amides is 2. The minimum absolute atomic E-state index is 0.0248. The quantitative estimate of drug-likeness (QED) is 0.554. The number of carbonyl (C=O) groups is 2. The molecule has 0 unspecified atom stereocenters. The number of carbonyl (C=O) groups excluding carboxylic acids is 2. The lowest BCUT2D eigenvalue weighted by molar-refractivity contribution is -0.120. The molecule has 0 radical (unpaired) electrons. The highest BCUT2D eigenvalue weighted by Gasteiger charge is 2.30. The van der Waals surface area contributed by atoms with E-state index in [9.17, 15) is 18.0 Å². The molecule has 2 amide bonds. The minimum atomic E-state index is -3.92. The molecule has 0 saturated carbocycles. The third-order valence-corrected chi connectivity index (χ3v) is 6.57. The molecule has 1 aliphatic heterocycles. The van der Waals surface area contributed by atoms with Gasteiger partial charge < -0.3 is 20.1 Å². The van der Waals surface area contributed by atoms with Crippen molar-refractivity contribution in [1.29, 1.82) is 0 Å². The molecule has 1 aromatic carbocycles. The van der Waals surface area contributed by atoms with Crippen LogP contribution in [-0.2, 0) is 24.3 Å². The van der Waals surface area contributed by atoms with Crippen molar-refractivity contribution in [2.24, 2.45) is 0 Å². The number of morpholine rings is 1. The van der Waals surface area contributed by atoms with Crippen molar-refractivity contribution in [3.05, 3.63) is 27.7 Å². The molecule has 156 valence electrons. The van der Waals surface area contributed by atoms with Gasteiger partial charge in [0.25, 0.3) is 5.91 Å². The summed E-state index contributed by atoms with van der Waals surface area (Å²) >= 11 is 12.1. The van der Waals surface area contributed by atoms with E-state index in [1.165, 1.54) is 17.5 Å². The molecule has 1 heterocycles. The van der Waals surface area contributed by atoms with Gasteiger partial charge in [0.1, 0.15) is 4.90 Å². The number of ether oxygens (including phenoxy) is 2. The van der Waals surface area contributed by atoms with Crippen molar-refractivity contribution in [3.63, 3.8) is 0 Å². The third kappa shape index (κ3) is 5.79. The fraction of sp³-hybridized carbons (Fsp3) is 0.500. The Kier molecular flexibility index (Phi) is 8.47. The maximum atomic E-state index is 12.8. The normalized spacial score (nSPS) is 15.2. The predicted octanol–water partition coefficient (Wildman–Crippen LogP) is 0.507. The summed E-state index contributed by atoms with van der Waals surface area (Å²) in [6.45, 7) is 1.26. The molecular weight excluding hydrogens is 433 g/mol. The average molecular weight is 454 g/mol. The zero-order valence-corrected chi connectivity index (χ0v) is 17.5. The van der Waals surface area contributed by atoms with Gasteiger partial charge in [0.15, 0.2) is 0 Å². The third-order valence-electron chi connectivity index (χ3n) is 3.89. The van der Waals surface area contributed by atoms with E-state index in [-0.39, 0.29) is 53.4 Å². The number of hydrogen-bond donors (Lipinski definition) is 2. The summed E-state index contributed by atoms with van der Waals surface area (Å²) in [5, 5.41) is 4.82. The molecular formula is C16H21Cl2N3O6S. The van der Waals surface area contributed by atoms with Crippen molar-refractivity contribution >= 4 is 45.0 Å². The second kappa shape index (κ2) is 10.4. The molecule has 0 atom stereocenters. The van der Waals surface area contributed by atoms with Gasteiger partial charge in [-0.1, -0.05) is 23.2 Å². The minimum Gasteiger partial charge on any atom is -0.383 e. The highest BCUT2D eigenvalue weighted by molar-refractivity contribution is 7.89. The first-order chi connectivity index (χ1) is 13.3. The molecule has 2 rings (SSSR count). The molecule has 0 aromatic heterocycles. The molecule has 0 spiro atoms. The fourth-order valence-electron chi connectivity index (χ4n) is 2.44. The van der Waals surface area contributed by atoms with Crippen molar-refractivity contribution in [3.8, 4) is 0 Å². The highest BCUT2D eigenvalue weighted by Crippen LogP contribution is 2.31. The van der Waals surface area contributed by atoms with Crippen LogP contribution in [0.5, 0.6) is 0 Å². The molecule has 2 N–H and O–H groups in total. The Morgan fingerprint density at radius 3 is 2.50 bits per heavy atom. The average Bonchev–Trinajstić information content (AvgIpc) is 2.67. The molecule has 9 nitrogen and oxygen atoms in total. The predicted molar refractivity (Wildman–Crippen MR) is 103 cm³/mol. The van der Waals surface area contributed by atoms with Gasteiger partial charge in [0.2, 0.25) is 15.9 Å². The van der Waals surface area contributed by atoms with Crippen LogP contribution in [0.15, 0.2) is 17.0 Å². The molecule has 1 saturated heterocycles. The van der Waals surface area contributed by atoms with Crippen LogP contribution >= 0.6 is 23.2 Å². The Hall–Kier alpha value is -1.43. The summed E-state index contributed by atoms with van der Waals surface area (Å²) in [6.07, 6.45) is 0. The molecule has 1 aromatic rings. The summed E-state index contributed by atoms with van der Waals surface area (Å²) in [5.74, 6) is -1.11. The van der Waals surface area contributed by atoms with Gasteiger partial charge in [-0.3, -0.25) is 9.59 Å². The van der Waals surface area contributed by atoms with E-state index in [1.54, 1.807) is 0 Å². The van der Waals surface area contributed by atoms with E-state index in [2.05, 4.69) is 10.6 Å². The van der Waals surface area contributed by atoms with Crippen LogP contribution in [0.1, 0.15) is 10.4 Å². The Balaban J connectivity index is 2.16. The molecule has 0 bridgehead atoms. The number of nitrogens with zero attached hydrogens (tertiary/aromatic N) is 1. The second-order valence-electron chi connectivity index (χ2n) is 5.80.